The molecular formula is C20H30O3. The van der Waals surface area contributed by atoms with Gasteiger partial charge in [-0.05, 0) is 86.0 Å². The minimum Gasteiger partial charge on any atom is -0.481 e. The van der Waals surface area contributed by atoms with E-state index in [1.54, 1.807) is 0 Å². The fourth-order valence-corrected chi connectivity index (χ4v) is 7.48. The largest absolute Gasteiger partial charge is 0.481 e. The van der Waals surface area contributed by atoms with Crippen molar-refractivity contribution in [2.24, 2.45) is 34.0 Å². The molecule has 0 saturated heterocycles. The van der Waals surface area contributed by atoms with Gasteiger partial charge in [0, 0.05) is 0 Å². The third kappa shape index (κ3) is 1.89. The Hall–Kier alpha value is -0.830. The number of hydrogen-bond acceptors (Lipinski definition) is 2. The zero-order valence-electron chi connectivity index (χ0n) is 14.5. The molecule has 0 aromatic rings. The van der Waals surface area contributed by atoms with Gasteiger partial charge in [-0.2, -0.15) is 0 Å². The van der Waals surface area contributed by atoms with E-state index in [0.717, 1.165) is 25.7 Å². The number of aliphatic hydroxyl groups excluding tert-OH is 1. The number of carbonyl (C=O) groups is 1. The molecule has 23 heavy (non-hydrogen) atoms. The molecular weight excluding hydrogens is 288 g/mol. The monoisotopic (exact) mass is 318 g/mol. The number of fused-ring (bicyclic) bond motifs is 3. The van der Waals surface area contributed by atoms with Crippen LogP contribution in [0, 0.1) is 34.0 Å². The Morgan fingerprint density at radius 3 is 2.65 bits per heavy atom. The zero-order chi connectivity index (χ0) is 16.5. The van der Waals surface area contributed by atoms with E-state index in [1.165, 1.54) is 31.3 Å². The second-order valence-electron chi connectivity index (χ2n) is 9.31. The molecule has 0 aromatic carbocycles. The summed E-state index contributed by atoms with van der Waals surface area (Å²) in [5.74, 6) is 0.912. The van der Waals surface area contributed by atoms with Gasteiger partial charge in [-0.3, -0.25) is 4.79 Å². The van der Waals surface area contributed by atoms with Gasteiger partial charge in [0.2, 0.25) is 0 Å². The van der Waals surface area contributed by atoms with Gasteiger partial charge < -0.3 is 10.2 Å². The molecule has 6 atom stereocenters. The lowest BCUT2D eigenvalue weighted by Crippen LogP contribution is -2.58. The summed E-state index contributed by atoms with van der Waals surface area (Å²) in [7, 11) is 0. The van der Waals surface area contributed by atoms with Gasteiger partial charge in [-0.15, -0.1) is 0 Å². The molecule has 0 unspecified atom stereocenters. The van der Waals surface area contributed by atoms with E-state index < -0.39 is 11.4 Å². The number of aliphatic hydroxyl groups is 1. The normalized spacial score (nSPS) is 51.6. The van der Waals surface area contributed by atoms with Crippen LogP contribution in [0.3, 0.4) is 0 Å². The van der Waals surface area contributed by atoms with Crippen molar-refractivity contribution in [1.82, 2.24) is 0 Å². The van der Waals surface area contributed by atoms with E-state index in [0.29, 0.717) is 17.8 Å². The topological polar surface area (TPSA) is 57.5 Å². The highest BCUT2D eigenvalue weighted by atomic mass is 16.4. The lowest BCUT2D eigenvalue weighted by Gasteiger charge is -2.63. The van der Waals surface area contributed by atoms with Crippen LogP contribution in [0.4, 0.5) is 0 Å². The third-order valence-corrected chi connectivity index (χ3v) is 8.46. The van der Waals surface area contributed by atoms with Crippen molar-refractivity contribution in [2.45, 2.75) is 65.2 Å². The van der Waals surface area contributed by atoms with Gasteiger partial charge in [-0.25, -0.2) is 0 Å². The average Bonchev–Trinajstić information content (AvgIpc) is 2.77. The summed E-state index contributed by atoms with van der Waals surface area (Å²) in [6.07, 6.45) is 11.3. The molecule has 0 aliphatic heterocycles. The van der Waals surface area contributed by atoms with Gasteiger partial charge >= 0.3 is 5.97 Å². The number of allylic oxidation sites excluding steroid dienone is 1. The molecule has 4 aliphatic carbocycles. The van der Waals surface area contributed by atoms with Crippen molar-refractivity contribution in [3.8, 4) is 0 Å². The maximum atomic E-state index is 12.0. The molecule has 0 radical (unpaired) electrons. The molecule has 3 saturated carbocycles. The van der Waals surface area contributed by atoms with Gasteiger partial charge in [0.15, 0.2) is 0 Å². The quantitative estimate of drug-likeness (QED) is 0.756. The van der Waals surface area contributed by atoms with Crippen LogP contribution in [0.5, 0.6) is 0 Å². The summed E-state index contributed by atoms with van der Waals surface area (Å²) in [5, 5.41) is 19.6. The molecule has 0 heterocycles. The Morgan fingerprint density at radius 2 is 1.96 bits per heavy atom. The summed E-state index contributed by atoms with van der Waals surface area (Å²) in [6.45, 7) is 4.62. The highest BCUT2D eigenvalue weighted by molar-refractivity contribution is 5.75. The fraction of sp³-hybridized carbons (Fsp3) is 0.850. The Bertz CT molecular complexity index is 567. The van der Waals surface area contributed by atoms with Crippen molar-refractivity contribution >= 4 is 5.97 Å². The van der Waals surface area contributed by atoms with E-state index in [4.69, 9.17) is 0 Å². The molecule has 3 nitrogen and oxygen atoms in total. The van der Waals surface area contributed by atoms with E-state index >= 15 is 0 Å². The van der Waals surface area contributed by atoms with Crippen LogP contribution < -0.4 is 0 Å². The highest BCUT2D eigenvalue weighted by Crippen LogP contribution is 2.70. The second kappa shape index (κ2) is 4.84. The first-order valence-corrected chi connectivity index (χ1v) is 9.42. The van der Waals surface area contributed by atoms with Crippen LogP contribution in [0.25, 0.3) is 0 Å². The van der Waals surface area contributed by atoms with Crippen LogP contribution in [-0.2, 0) is 4.79 Å². The van der Waals surface area contributed by atoms with Crippen molar-refractivity contribution in [3.05, 3.63) is 11.6 Å². The molecule has 0 aromatic heterocycles. The predicted octanol–water partition coefficient (Wildman–Crippen LogP) is 4.01. The van der Waals surface area contributed by atoms with Crippen LogP contribution in [0.2, 0.25) is 0 Å². The van der Waals surface area contributed by atoms with Crippen LogP contribution in [0.1, 0.15) is 65.2 Å². The fourth-order valence-electron chi connectivity index (χ4n) is 7.48. The minimum atomic E-state index is -0.587. The lowest BCUT2D eigenvalue weighted by molar-refractivity contribution is -0.177. The Balaban J connectivity index is 1.75. The molecule has 128 valence electrons. The number of rotatable bonds is 2. The first kappa shape index (κ1) is 15.7. The Kier molecular flexibility index (Phi) is 3.30. The van der Waals surface area contributed by atoms with Crippen LogP contribution in [-0.4, -0.2) is 22.8 Å². The van der Waals surface area contributed by atoms with Crippen molar-refractivity contribution < 1.29 is 15.0 Å². The standard InChI is InChI=1S/C20H30O3/c1-18-7-3-8-19(2,17(22)23)15(18)6-9-20-10-13(4-5-16(18)20)14(11-20)12-21/h11,13,15-16,21H,3-10,12H2,1-2H3,(H,22,23)/t13-,15+,16+,18-,19+,20+/m1/s1. The number of hydrogen-bond donors (Lipinski definition) is 2. The third-order valence-electron chi connectivity index (χ3n) is 8.46. The molecule has 1 spiro atoms. The summed E-state index contributed by atoms with van der Waals surface area (Å²) in [5.41, 5.74) is 1.12. The molecule has 4 aliphatic rings. The average molecular weight is 318 g/mol. The first-order chi connectivity index (χ1) is 10.9. The van der Waals surface area contributed by atoms with Gasteiger partial charge in [-0.1, -0.05) is 19.4 Å². The zero-order valence-corrected chi connectivity index (χ0v) is 14.5. The van der Waals surface area contributed by atoms with Crippen molar-refractivity contribution in [2.75, 3.05) is 6.61 Å². The van der Waals surface area contributed by atoms with Gasteiger partial charge in [0.1, 0.15) is 0 Å². The summed E-state index contributed by atoms with van der Waals surface area (Å²) < 4.78 is 0. The van der Waals surface area contributed by atoms with Crippen LogP contribution in [0.15, 0.2) is 11.6 Å². The van der Waals surface area contributed by atoms with E-state index in [1.807, 2.05) is 6.92 Å². The Labute approximate surface area is 139 Å². The smallest absolute Gasteiger partial charge is 0.309 e. The highest BCUT2D eigenvalue weighted by Gasteiger charge is 2.64. The lowest BCUT2D eigenvalue weighted by atomic mass is 9.41. The van der Waals surface area contributed by atoms with E-state index in [9.17, 15) is 15.0 Å². The van der Waals surface area contributed by atoms with E-state index in [-0.39, 0.29) is 17.4 Å². The molecule has 2 N–H and O–H groups in total. The van der Waals surface area contributed by atoms with E-state index in [2.05, 4.69) is 13.0 Å². The number of carboxylic acid groups (broad SMARTS) is 1. The summed E-state index contributed by atoms with van der Waals surface area (Å²) in [4.78, 5) is 12.0. The SMILES string of the molecule is C[C@@]12CCC[C@](C)(C(=O)O)[C@H]1CC[C@]13C=C(CO)[C@H](CC[C@H]12)C3. The summed E-state index contributed by atoms with van der Waals surface area (Å²) >= 11 is 0. The second-order valence-corrected chi connectivity index (χ2v) is 9.31. The van der Waals surface area contributed by atoms with Crippen molar-refractivity contribution in [3.63, 3.8) is 0 Å². The Morgan fingerprint density at radius 1 is 1.17 bits per heavy atom. The number of aliphatic carboxylic acids is 1. The first-order valence-electron chi connectivity index (χ1n) is 9.42. The van der Waals surface area contributed by atoms with Gasteiger partial charge in [0.25, 0.3) is 0 Å². The molecule has 0 amide bonds. The maximum absolute atomic E-state index is 12.0. The van der Waals surface area contributed by atoms with Crippen molar-refractivity contribution in [1.29, 1.82) is 0 Å². The molecule has 4 rings (SSSR count). The maximum Gasteiger partial charge on any atom is 0.309 e. The molecule has 3 fully saturated rings. The molecule has 2 bridgehead atoms. The van der Waals surface area contributed by atoms with Gasteiger partial charge in [0.05, 0.1) is 12.0 Å². The number of carboxylic acids is 1. The molecule has 3 heteroatoms. The minimum absolute atomic E-state index is 0.149. The predicted molar refractivity (Wildman–Crippen MR) is 88.9 cm³/mol. The van der Waals surface area contributed by atoms with Crippen LogP contribution >= 0.6 is 0 Å². The summed E-state index contributed by atoms with van der Waals surface area (Å²) in [6, 6.07) is 0.